The molecule has 2 aromatic rings. The highest BCUT2D eigenvalue weighted by molar-refractivity contribution is 9.10. The molecule has 0 saturated carbocycles. The fraction of sp³-hybridized carbons (Fsp3) is 0.111. The molecule has 0 aliphatic carbocycles. The molecule has 0 bridgehead atoms. The summed E-state index contributed by atoms with van der Waals surface area (Å²) in [6, 6.07) is 8.06. The third-order valence-corrected chi connectivity index (χ3v) is 2.71. The molecule has 0 N–H and O–H groups in total. The van der Waals surface area contributed by atoms with E-state index in [9.17, 15) is 0 Å². The maximum absolute atomic E-state index is 5.52. The predicted octanol–water partition coefficient (Wildman–Crippen LogP) is 4.09. The molecule has 0 saturated heterocycles. The second-order valence-electron chi connectivity index (χ2n) is 2.53. The van der Waals surface area contributed by atoms with Crippen LogP contribution in [0, 0.1) is 0 Å². The van der Waals surface area contributed by atoms with Gasteiger partial charge >= 0.3 is 0 Å². The van der Waals surface area contributed by atoms with Crippen molar-refractivity contribution >= 4 is 42.8 Å². The lowest BCUT2D eigenvalue weighted by Crippen LogP contribution is -1.63. The Bertz CT molecular complexity index is 406. The Hall–Kier alpha value is -0.280. The number of hydrogen-bond acceptors (Lipinski definition) is 1. The number of hydrogen-bond donors (Lipinski definition) is 0. The van der Waals surface area contributed by atoms with Crippen molar-refractivity contribution in [2.75, 3.05) is 0 Å². The average Bonchev–Trinajstić information content (AvgIpc) is 2.46. The Morgan fingerprint density at radius 1 is 1.25 bits per heavy atom. The van der Waals surface area contributed by atoms with E-state index in [4.69, 9.17) is 4.42 Å². The fourth-order valence-corrected chi connectivity index (χ4v) is 1.74. The van der Waals surface area contributed by atoms with E-state index in [1.807, 2.05) is 24.3 Å². The van der Waals surface area contributed by atoms with Crippen molar-refractivity contribution in [1.82, 2.24) is 0 Å². The minimum Gasteiger partial charge on any atom is -0.460 e. The third kappa shape index (κ3) is 1.43. The van der Waals surface area contributed by atoms with Crippen molar-refractivity contribution in [3.05, 3.63) is 34.5 Å². The van der Waals surface area contributed by atoms with E-state index in [0.29, 0.717) is 0 Å². The molecule has 3 heteroatoms. The molecule has 0 radical (unpaired) electrons. The first-order valence-corrected chi connectivity index (χ1v) is 5.45. The lowest BCUT2D eigenvalue weighted by Gasteiger charge is -1.88. The largest absolute Gasteiger partial charge is 0.460 e. The summed E-state index contributed by atoms with van der Waals surface area (Å²) in [7, 11) is 0. The summed E-state index contributed by atoms with van der Waals surface area (Å²) in [6.45, 7) is 0. The van der Waals surface area contributed by atoms with E-state index in [1.165, 1.54) is 0 Å². The van der Waals surface area contributed by atoms with Gasteiger partial charge in [-0.15, -0.1) is 0 Å². The second-order valence-corrected chi connectivity index (χ2v) is 4.00. The lowest BCUT2D eigenvalue weighted by molar-refractivity contribution is 0.575. The molecule has 0 aliphatic heterocycles. The number of fused-ring (bicyclic) bond motifs is 1. The van der Waals surface area contributed by atoms with Crippen molar-refractivity contribution in [2.45, 2.75) is 5.33 Å². The van der Waals surface area contributed by atoms with Gasteiger partial charge < -0.3 is 4.42 Å². The molecule has 0 unspecified atom stereocenters. The van der Waals surface area contributed by atoms with Crippen LogP contribution >= 0.6 is 31.9 Å². The number of rotatable bonds is 1. The van der Waals surface area contributed by atoms with Gasteiger partial charge in [-0.1, -0.05) is 31.9 Å². The molecule has 0 spiro atoms. The van der Waals surface area contributed by atoms with Crippen LogP contribution in [0.1, 0.15) is 5.76 Å². The summed E-state index contributed by atoms with van der Waals surface area (Å²) in [5.41, 5.74) is 0.929. The standard InChI is InChI=1S/C9H6Br2O/c10-5-8-3-6-1-2-7(11)4-9(6)12-8/h1-4H,5H2. The summed E-state index contributed by atoms with van der Waals surface area (Å²) in [6.07, 6.45) is 0. The monoisotopic (exact) mass is 288 g/mol. The van der Waals surface area contributed by atoms with Crippen LogP contribution in [0.25, 0.3) is 11.0 Å². The molecule has 1 heterocycles. The Morgan fingerprint density at radius 2 is 2.08 bits per heavy atom. The van der Waals surface area contributed by atoms with Gasteiger partial charge in [0.15, 0.2) is 0 Å². The van der Waals surface area contributed by atoms with E-state index in [1.54, 1.807) is 0 Å². The minimum absolute atomic E-state index is 0.763. The minimum atomic E-state index is 0.763. The molecule has 1 aromatic heterocycles. The third-order valence-electron chi connectivity index (χ3n) is 1.66. The molecule has 12 heavy (non-hydrogen) atoms. The van der Waals surface area contributed by atoms with Gasteiger partial charge in [0, 0.05) is 9.86 Å². The molecule has 2 rings (SSSR count). The molecular weight excluding hydrogens is 284 g/mol. The lowest BCUT2D eigenvalue weighted by atomic mass is 10.2. The summed E-state index contributed by atoms with van der Waals surface area (Å²) in [5, 5.41) is 1.91. The number of alkyl halides is 1. The van der Waals surface area contributed by atoms with Crippen LogP contribution in [0.5, 0.6) is 0 Å². The quantitative estimate of drug-likeness (QED) is 0.721. The fourth-order valence-electron chi connectivity index (χ4n) is 1.13. The van der Waals surface area contributed by atoms with Crippen LogP contribution in [0.15, 0.2) is 33.2 Å². The first-order valence-electron chi connectivity index (χ1n) is 3.53. The van der Waals surface area contributed by atoms with Crippen molar-refractivity contribution in [3.8, 4) is 0 Å². The smallest absolute Gasteiger partial charge is 0.135 e. The highest BCUT2D eigenvalue weighted by atomic mass is 79.9. The zero-order chi connectivity index (χ0) is 8.55. The summed E-state index contributed by atoms with van der Waals surface area (Å²) < 4.78 is 6.57. The average molecular weight is 290 g/mol. The SMILES string of the molecule is BrCc1cc2ccc(Br)cc2o1. The highest BCUT2D eigenvalue weighted by Crippen LogP contribution is 2.24. The predicted molar refractivity (Wildman–Crippen MR) is 56.5 cm³/mol. The highest BCUT2D eigenvalue weighted by Gasteiger charge is 2.01. The Morgan fingerprint density at radius 3 is 2.83 bits per heavy atom. The van der Waals surface area contributed by atoms with Gasteiger partial charge in [0.05, 0.1) is 5.33 Å². The van der Waals surface area contributed by atoms with Gasteiger partial charge in [0.25, 0.3) is 0 Å². The van der Waals surface area contributed by atoms with Crippen molar-refractivity contribution in [2.24, 2.45) is 0 Å². The first kappa shape index (κ1) is 8.32. The van der Waals surface area contributed by atoms with Crippen molar-refractivity contribution in [3.63, 3.8) is 0 Å². The molecule has 62 valence electrons. The van der Waals surface area contributed by atoms with E-state index < -0.39 is 0 Å². The van der Waals surface area contributed by atoms with Gasteiger partial charge in [-0.25, -0.2) is 0 Å². The van der Waals surface area contributed by atoms with Gasteiger partial charge in [0.1, 0.15) is 11.3 Å². The second kappa shape index (κ2) is 3.23. The van der Waals surface area contributed by atoms with E-state index in [0.717, 1.165) is 26.5 Å². The molecule has 0 aliphatic rings. The van der Waals surface area contributed by atoms with E-state index in [2.05, 4.69) is 31.9 Å². The molecule has 0 amide bonds. The van der Waals surface area contributed by atoms with Crippen LogP contribution in [0.2, 0.25) is 0 Å². The first-order chi connectivity index (χ1) is 5.79. The van der Waals surface area contributed by atoms with Crippen LogP contribution in [0.3, 0.4) is 0 Å². The topological polar surface area (TPSA) is 13.1 Å². The Labute approximate surface area is 87.0 Å². The molecule has 0 atom stereocenters. The van der Waals surface area contributed by atoms with Gasteiger partial charge in [-0.3, -0.25) is 0 Å². The summed E-state index contributed by atoms with van der Waals surface area (Å²) in [5.74, 6) is 0.961. The summed E-state index contributed by atoms with van der Waals surface area (Å²) in [4.78, 5) is 0. The molecule has 0 fully saturated rings. The van der Waals surface area contributed by atoms with Crippen LogP contribution < -0.4 is 0 Å². The van der Waals surface area contributed by atoms with Crippen LogP contribution in [0.4, 0.5) is 0 Å². The van der Waals surface area contributed by atoms with Crippen molar-refractivity contribution in [1.29, 1.82) is 0 Å². The van der Waals surface area contributed by atoms with Gasteiger partial charge in [-0.05, 0) is 24.3 Å². The van der Waals surface area contributed by atoms with Crippen LogP contribution in [-0.2, 0) is 5.33 Å². The summed E-state index contributed by atoms with van der Waals surface area (Å²) >= 11 is 6.74. The normalized spacial score (nSPS) is 10.8. The van der Waals surface area contributed by atoms with Crippen LogP contribution in [-0.4, -0.2) is 0 Å². The maximum atomic E-state index is 5.52. The van der Waals surface area contributed by atoms with E-state index in [-0.39, 0.29) is 0 Å². The molecular formula is C9H6Br2O. The zero-order valence-corrected chi connectivity index (χ0v) is 9.35. The molecule has 1 nitrogen and oxygen atoms in total. The van der Waals surface area contributed by atoms with Crippen molar-refractivity contribution < 1.29 is 4.42 Å². The number of benzene rings is 1. The Kier molecular flexibility index (Phi) is 2.24. The Balaban J connectivity index is 2.67. The number of halogens is 2. The van der Waals surface area contributed by atoms with E-state index >= 15 is 0 Å². The van der Waals surface area contributed by atoms with Gasteiger partial charge in [-0.2, -0.15) is 0 Å². The van der Waals surface area contributed by atoms with Gasteiger partial charge in [0.2, 0.25) is 0 Å². The zero-order valence-electron chi connectivity index (χ0n) is 6.18. The molecule has 1 aromatic carbocycles. The number of furan rings is 1. The maximum Gasteiger partial charge on any atom is 0.135 e.